The standard InChI is InChI=1S/C17H26ClNO/c1-4-9-19-16(17(3)8-5-10-20-17)12-14-7-6-13(2)11-15(14)18/h6-7,11,16,19H,4-5,8-10,12H2,1-3H3. The number of nitrogens with one attached hydrogen (secondary N) is 1. The summed E-state index contributed by atoms with van der Waals surface area (Å²) in [6.45, 7) is 8.40. The average molecular weight is 296 g/mol. The molecule has 0 aliphatic carbocycles. The van der Waals surface area contributed by atoms with Gasteiger partial charge in [-0.15, -0.1) is 0 Å². The van der Waals surface area contributed by atoms with Gasteiger partial charge in [0.05, 0.1) is 5.60 Å². The molecule has 2 rings (SSSR count). The normalized spacial score (nSPS) is 24.0. The van der Waals surface area contributed by atoms with Crippen LogP contribution in [0.1, 0.15) is 44.2 Å². The van der Waals surface area contributed by atoms with Gasteiger partial charge in [0.2, 0.25) is 0 Å². The van der Waals surface area contributed by atoms with E-state index in [1.165, 1.54) is 11.1 Å². The molecule has 2 nitrogen and oxygen atoms in total. The molecule has 1 aliphatic heterocycles. The van der Waals surface area contributed by atoms with Gasteiger partial charge in [-0.05, 0) is 63.3 Å². The minimum absolute atomic E-state index is 0.0661. The maximum Gasteiger partial charge on any atom is 0.0810 e. The predicted octanol–water partition coefficient (Wildman–Crippen LogP) is 4.13. The second kappa shape index (κ2) is 6.93. The van der Waals surface area contributed by atoms with Crippen LogP contribution >= 0.6 is 11.6 Å². The number of hydrogen-bond donors (Lipinski definition) is 1. The third kappa shape index (κ3) is 3.75. The molecule has 0 saturated carbocycles. The Balaban J connectivity index is 2.14. The molecule has 0 aromatic heterocycles. The van der Waals surface area contributed by atoms with E-state index in [-0.39, 0.29) is 5.60 Å². The lowest BCUT2D eigenvalue weighted by Crippen LogP contribution is -2.50. The Labute approximate surface area is 127 Å². The van der Waals surface area contributed by atoms with Crippen molar-refractivity contribution in [1.82, 2.24) is 5.32 Å². The van der Waals surface area contributed by atoms with Crippen LogP contribution < -0.4 is 5.32 Å². The zero-order valence-corrected chi connectivity index (χ0v) is 13.6. The van der Waals surface area contributed by atoms with Crippen molar-refractivity contribution in [1.29, 1.82) is 0 Å². The molecule has 1 fully saturated rings. The topological polar surface area (TPSA) is 21.3 Å². The molecule has 0 radical (unpaired) electrons. The average Bonchev–Trinajstić information content (AvgIpc) is 2.84. The molecular formula is C17H26ClNO. The Morgan fingerprint density at radius 2 is 2.25 bits per heavy atom. The van der Waals surface area contributed by atoms with Gasteiger partial charge in [-0.2, -0.15) is 0 Å². The predicted molar refractivity (Wildman–Crippen MR) is 85.6 cm³/mol. The van der Waals surface area contributed by atoms with E-state index in [2.05, 4.69) is 38.2 Å². The molecule has 1 aromatic rings. The Morgan fingerprint density at radius 3 is 2.85 bits per heavy atom. The molecule has 1 heterocycles. The van der Waals surface area contributed by atoms with Gasteiger partial charge in [-0.3, -0.25) is 0 Å². The number of aryl methyl sites for hydroxylation is 1. The Kier molecular flexibility index (Phi) is 5.48. The maximum atomic E-state index is 6.39. The first-order valence-corrected chi connectivity index (χ1v) is 8.05. The molecule has 0 amide bonds. The summed E-state index contributed by atoms with van der Waals surface area (Å²) in [4.78, 5) is 0. The van der Waals surface area contributed by atoms with Crippen molar-refractivity contribution in [3.8, 4) is 0 Å². The van der Waals surface area contributed by atoms with Crippen LogP contribution in [0.2, 0.25) is 5.02 Å². The lowest BCUT2D eigenvalue weighted by molar-refractivity contribution is -0.0114. The Bertz CT molecular complexity index is 441. The van der Waals surface area contributed by atoms with Gasteiger partial charge in [0.25, 0.3) is 0 Å². The molecule has 1 saturated heterocycles. The fourth-order valence-corrected chi connectivity index (χ4v) is 3.25. The van der Waals surface area contributed by atoms with Crippen LogP contribution in [0, 0.1) is 6.92 Å². The number of rotatable bonds is 6. The molecule has 1 aliphatic rings. The maximum absolute atomic E-state index is 6.39. The van der Waals surface area contributed by atoms with Crippen LogP contribution in [-0.2, 0) is 11.2 Å². The highest BCUT2D eigenvalue weighted by Crippen LogP contribution is 2.31. The van der Waals surface area contributed by atoms with Gasteiger partial charge in [0, 0.05) is 17.7 Å². The van der Waals surface area contributed by atoms with E-state index in [1.807, 2.05) is 6.07 Å². The summed E-state index contributed by atoms with van der Waals surface area (Å²) in [5.41, 5.74) is 2.35. The van der Waals surface area contributed by atoms with Crippen molar-refractivity contribution in [2.24, 2.45) is 0 Å². The van der Waals surface area contributed by atoms with E-state index >= 15 is 0 Å². The van der Waals surface area contributed by atoms with Crippen molar-refractivity contribution in [3.63, 3.8) is 0 Å². The number of hydrogen-bond acceptors (Lipinski definition) is 2. The van der Waals surface area contributed by atoms with Gasteiger partial charge < -0.3 is 10.1 Å². The molecule has 2 atom stereocenters. The molecule has 20 heavy (non-hydrogen) atoms. The summed E-state index contributed by atoms with van der Waals surface area (Å²) < 4.78 is 6.03. The van der Waals surface area contributed by atoms with Gasteiger partial charge >= 0.3 is 0 Å². The van der Waals surface area contributed by atoms with Gasteiger partial charge in [-0.25, -0.2) is 0 Å². The molecular weight excluding hydrogens is 270 g/mol. The molecule has 2 unspecified atom stereocenters. The third-order valence-electron chi connectivity index (χ3n) is 4.26. The monoisotopic (exact) mass is 295 g/mol. The van der Waals surface area contributed by atoms with Crippen LogP contribution in [0.25, 0.3) is 0 Å². The lowest BCUT2D eigenvalue weighted by atomic mass is 9.88. The first-order valence-electron chi connectivity index (χ1n) is 7.67. The second-order valence-electron chi connectivity index (χ2n) is 6.07. The van der Waals surface area contributed by atoms with E-state index in [9.17, 15) is 0 Å². The zero-order chi connectivity index (χ0) is 14.6. The number of benzene rings is 1. The van der Waals surface area contributed by atoms with Crippen molar-refractivity contribution >= 4 is 11.6 Å². The summed E-state index contributed by atoms with van der Waals surface area (Å²) >= 11 is 6.39. The Morgan fingerprint density at radius 1 is 1.45 bits per heavy atom. The van der Waals surface area contributed by atoms with E-state index in [4.69, 9.17) is 16.3 Å². The van der Waals surface area contributed by atoms with Crippen LogP contribution in [0.3, 0.4) is 0 Å². The quantitative estimate of drug-likeness (QED) is 0.852. The van der Waals surface area contributed by atoms with Gasteiger partial charge in [0.15, 0.2) is 0 Å². The molecule has 0 spiro atoms. The molecule has 3 heteroatoms. The fraction of sp³-hybridized carbons (Fsp3) is 0.647. The van der Waals surface area contributed by atoms with Gasteiger partial charge in [0.1, 0.15) is 0 Å². The smallest absolute Gasteiger partial charge is 0.0810 e. The van der Waals surface area contributed by atoms with E-state index in [1.54, 1.807) is 0 Å². The zero-order valence-electron chi connectivity index (χ0n) is 12.8. The first-order chi connectivity index (χ1) is 9.55. The largest absolute Gasteiger partial charge is 0.374 e. The van der Waals surface area contributed by atoms with Crippen LogP contribution in [0.5, 0.6) is 0 Å². The summed E-state index contributed by atoms with van der Waals surface area (Å²) in [6, 6.07) is 6.66. The highest BCUT2D eigenvalue weighted by atomic mass is 35.5. The highest BCUT2D eigenvalue weighted by Gasteiger charge is 2.38. The van der Waals surface area contributed by atoms with Crippen molar-refractivity contribution in [2.45, 2.75) is 58.1 Å². The molecule has 0 bridgehead atoms. The summed E-state index contributed by atoms with van der Waals surface area (Å²) in [6.07, 6.45) is 4.34. The molecule has 1 aromatic carbocycles. The summed E-state index contributed by atoms with van der Waals surface area (Å²) in [5, 5.41) is 4.53. The van der Waals surface area contributed by atoms with E-state index < -0.39 is 0 Å². The van der Waals surface area contributed by atoms with Crippen molar-refractivity contribution < 1.29 is 4.74 Å². The minimum Gasteiger partial charge on any atom is -0.374 e. The summed E-state index contributed by atoms with van der Waals surface area (Å²) in [7, 11) is 0. The minimum atomic E-state index is -0.0661. The van der Waals surface area contributed by atoms with Crippen molar-refractivity contribution in [2.75, 3.05) is 13.2 Å². The van der Waals surface area contributed by atoms with Crippen molar-refractivity contribution in [3.05, 3.63) is 34.3 Å². The Hall–Kier alpha value is -0.570. The summed E-state index contributed by atoms with van der Waals surface area (Å²) in [5.74, 6) is 0. The molecule has 1 N–H and O–H groups in total. The van der Waals surface area contributed by atoms with Crippen LogP contribution in [-0.4, -0.2) is 24.8 Å². The van der Waals surface area contributed by atoms with Crippen LogP contribution in [0.15, 0.2) is 18.2 Å². The first kappa shape index (κ1) is 15.8. The van der Waals surface area contributed by atoms with E-state index in [0.717, 1.165) is 43.9 Å². The number of ether oxygens (including phenoxy) is 1. The lowest BCUT2D eigenvalue weighted by Gasteiger charge is -2.34. The number of halogens is 1. The fourth-order valence-electron chi connectivity index (χ4n) is 2.94. The third-order valence-corrected chi connectivity index (χ3v) is 4.61. The van der Waals surface area contributed by atoms with Gasteiger partial charge in [-0.1, -0.05) is 30.7 Å². The van der Waals surface area contributed by atoms with Crippen LogP contribution in [0.4, 0.5) is 0 Å². The molecule has 112 valence electrons. The SMILES string of the molecule is CCCNC(Cc1ccc(C)cc1Cl)C1(C)CCCO1. The highest BCUT2D eigenvalue weighted by molar-refractivity contribution is 6.31. The van der Waals surface area contributed by atoms with E-state index in [0.29, 0.717) is 6.04 Å². The second-order valence-corrected chi connectivity index (χ2v) is 6.48.